The van der Waals surface area contributed by atoms with Crippen molar-refractivity contribution < 1.29 is 24.7 Å². The number of oxime groups is 1. The molecule has 2 aromatic rings. The highest BCUT2D eigenvalue weighted by molar-refractivity contribution is 8.05. The van der Waals surface area contributed by atoms with Gasteiger partial charge in [0, 0.05) is 53.0 Å². The first-order valence-electron chi connectivity index (χ1n) is 10.6. The lowest BCUT2D eigenvalue weighted by atomic mass is 10.0. The molecule has 3 atom stereocenters. The van der Waals surface area contributed by atoms with Crippen molar-refractivity contribution in [3.8, 4) is 0 Å². The largest absolute Gasteiger partial charge is 0.480 e. The summed E-state index contributed by atoms with van der Waals surface area (Å²) >= 11 is 5.21. The second-order valence-electron chi connectivity index (χ2n) is 7.86. The molecule has 4 rings (SSSR count). The van der Waals surface area contributed by atoms with E-state index in [0.29, 0.717) is 12.3 Å². The molecule has 0 aromatic carbocycles. The highest BCUT2D eigenvalue weighted by Gasteiger charge is 2.58. The molecule has 0 saturated carbocycles. The zero-order valence-electron chi connectivity index (χ0n) is 18.7. The molecular weight excluding hydrogens is 547 g/mol. The van der Waals surface area contributed by atoms with E-state index in [4.69, 9.17) is 11.5 Å². The first-order chi connectivity index (χ1) is 17.3. The predicted octanol–water partition coefficient (Wildman–Crippen LogP) is 0.506. The van der Waals surface area contributed by atoms with E-state index in [1.54, 1.807) is 30.2 Å². The summed E-state index contributed by atoms with van der Waals surface area (Å²) in [6.07, 6.45) is 3.33. The molecule has 36 heavy (non-hydrogen) atoms. The smallest absolute Gasteiger partial charge is 0.322 e. The number of thiazole rings is 1. The van der Waals surface area contributed by atoms with Crippen LogP contribution in [0.3, 0.4) is 0 Å². The number of hydrogen-bond donors (Lipinski definition) is 5. The van der Waals surface area contributed by atoms with Crippen molar-refractivity contribution in [3.63, 3.8) is 0 Å². The molecule has 2 aliphatic heterocycles. The fraction of sp³-hybridized carbons (Fsp3) is 0.400. The molecular formula is C20H23N7O5S4. The predicted molar refractivity (Wildman–Crippen MR) is 140 cm³/mol. The average Bonchev–Trinajstić information content (AvgIpc) is 3.29. The van der Waals surface area contributed by atoms with Gasteiger partial charge in [0.15, 0.2) is 10.8 Å². The van der Waals surface area contributed by atoms with Crippen LogP contribution in [0.2, 0.25) is 0 Å². The number of carboxylic acids is 1. The second-order valence-corrected chi connectivity index (χ2v) is 12.4. The Morgan fingerprint density at radius 3 is 2.89 bits per heavy atom. The summed E-state index contributed by atoms with van der Waals surface area (Å²) in [4.78, 5) is 48.4. The summed E-state index contributed by atoms with van der Waals surface area (Å²) in [7, 11) is 0. The van der Waals surface area contributed by atoms with Crippen molar-refractivity contribution >= 4 is 75.2 Å². The molecule has 2 fully saturated rings. The Balaban J connectivity index is 1.45. The van der Waals surface area contributed by atoms with Gasteiger partial charge in [0.1, 0.15) is 21.9 Å². The number of nitrogens with zero attached hydrogens (tertiary/aromatic N) is 4. The minimum Gasteiger partial charge on any atom is -0.480 e. The van der Waals surface area contributed by atoms with Crippen LogP contribution in [-0.2, 0) is 20.1 Å². The normalized spacial score (nSPS) is 23.6. The first-order valence-corrected chi connectivity index (χ1v) is 14.5. The number of aliphatic carboxylic acids is 1. The number of carboxylic acid groups (broad SMARTS) is 1. The van der Waals surface area contributed by atoms with E-state index in [0.717, 1.165) is 27.5 Å². The zero-order chi connectivity index (χ0) is 25.9. The monoisotopic (exact) mass is 569 g/mol. The van der Waals surface area contributed by atoms with Crippen LogP contribution in [0.1, 0.15) is 11.3 Å². The Morgan fingerprint density at radius 2 is 2.22 bits per heavy atom. The van der Waals surface area contributed by atoms with Crippen molar-refractivity contribution in [1.82, 2.24) is 20.2 Å². The number of anilines is 1. The van der Waals surface area contributed by atoms with Crippen LogP contribution in [0.5, 0.6) is 0 Å². The number of nitrogen functional groups attached to an aromatic ring is 1. The molecule has 2 amide bonds. The number of fused-ring (bicyclic) bond motifs is 1. The third kappa shape index (κ3) is 5.27. The van der Waals surface area contributed by atoms with Gasteiger partial charge >= 0.3 is 5.97 Å². The number of carbonyl (C=O) groups is 3. The number of thioether (sulfide) groups is 3. The Morgan fingerprint density at radius 1 is 1.42 bits per heavy atom. The lowest BCUT2D eigenvalue weighted by Crippen LogP contribution is -2.74. The molecule has 4 heterocycles. The van der Waals surface area contributed by atoms with Crippen LogP contribution in [0.4, 0.5) is 5.13 Å². The summed E-state index contributed by atoms with van der Waals surface area (Å²) in [5.74, 6) is -0.567. The van der Waals surface area contributed by atoms with Crippen LogP contribution in [-0.4, -0.2) is 89.4 Å². The minimum atomic E-state index is -1.27. The Bertz CT molecular complexity index is 1190. The molecule has 12 nitrogen and oxygen atoms in total. The van der Waals surface area contributed by atoms with E-state index < -0.39 is 33.9 Å². The SMILES string of the molecule is NCCSCc1cnccc1SC1(C(=O)O)CS[C@@H]2[C@H](NC(=O)/C(=N\O)c3csc(N)n3)C(=O)N2C1. The Hall–Kier alpha value is -2.53. The fourth-order valence-electron chi connectivity index (χ4n) is 3.70. The molecule has 0 radical (unpaired) electrons. The highest BCUT2D eigenvalue weighted by Crippen LogP contribution is 2.47. The summed E-state index contributed by atoms with van der Waals surface area (Å²) in [6, 6.07) is 0.906. The molecule has 1 unspecified atom stereocenters. The van der Waals surface area contributed by atoms with Crippen molar-refractivity contribution in [3.05, 3.63) is 35.1 Å². The summed E-state index contributed by atoms with van der Waals surface area (Å²) in [5.41, 5.74) is 11.8. The number of hydrogen-bond acceptors (Lipinski definition) is 13. The van der Waals surface area contributed by atoms with Crippen LogP contribution in [0.25, 0.3) is 0 Å². The molecule has 16 heteroatoms. The third-order valence-electron chi connectivity index (χ3n) is 5.49. The molecule has 2 saturated heterocycles. The number of β-lactam (4-membered cyclic amide) rings is 1. The van der Waals surface area contributed by atoms with E-state index >= 15 is 0 Å². The maximum Gasteiger partial charge on any atom is 0.322 e. The van der Waals surface area contributed by atoms with Gasteiger partial charge in [-0.15, -0.1) is 34.9 Å². The number of nitrogens with one attached hydrogen (secondary N) is 1. The molecule has 7 N–H and O–H groups in total. The summed E-state index contributed by atoms with van der Waals surface area (Å²) in [6.45, 7) is 0.528. The van der Waals surface area contributed by atoms with Crippen molar-refractivity contribution in [2.45, 2.75) is 26.8 Å². The molecule has 192 valence electrons. The second kappa shape index (κ2) is 11.2. The molecule has 2 aromatic heterocycles. The number of carbonyl (C=O) groups excluding carboxylic acids is 2. The maximum absolute atomic E-state index is 12.9. The van der Waals surface area contributed by atoms with Crippen molar-refractivity contribution in [1.29, 1.82) is 0 Å². The maximum atomic E-state index is 12.9. The topological polar surface area (TPSA) is 197 Å². The van der Waals surface area contributed by atoms with Gasteiger partial charge in [-0.05, 0) is 11.6 Å². The van der Waals surface area contributed by atoms with Gasteiger partial charge in [0.2, 0.25) is 5.91 Å². The number of amides is 2. The van der Waals surface area contributed by atoms with Crippen molar-refractivity contribution in [2.75, 3.05) is 30.3 Å². The van der Waals surface area contributed by atoms with E-state index in [2.05, 4.69) is 20.4 Å². The van der Waals surface area contributed by atoms with E-state index in [1.807, 2.05) is 0 Å². The molecule has 0 spiro atoms. The number of rotatable bonds is 10. The number of nitrogens with two attached hydrogens (primary N) is 2. The van der Waals surface area contributed by atoms with Gasteiger partial charge in [0.05, 0.1) is 0 Å². The Labute approximate surface area is 222 Å². The minimum absolute atomic E-state index is 0.0167. The summed E-state index contributed by atoms with van der Waals surface area (Å²) < 4.78 is -1.27. The van der Waals surface area contributed by atoms with Gasteiger partial charge in [0.25, 0.3) is 5.91 Å². The quantitative estimate of drug-likeness (QED) is 0.0875. The lowest BCUT2D eigenvalue weighted by molar-refractivity contribution is -0.151. The first kappa shape index (κ1) is 26.5. The van der Waals surface area contributed by atoms with Gasteiger partial charge in [-0.25, -0.2) is 4.98 Å². The third-order valence-corrected chi connectivity index (χ3v) is 10.4. The molecule has 0 aliphatic carbocycles. The van der Waals surface area contributed by atoms with Gasteiger partial charge < -0.3 is 32.0 Å². The highest BCUT2D eigenvalue weighted by atomic mass is 32.2. The lowest BCUT2D eigenvalue weighted by Gasteiger charge is -2.53. The van der Waals surface area contributed by atoms with Gasteiger partial charge in [-0.2, -0.15) is 11.8 Å². The number of pyridine rings is 1. The van der Waals surface area contributed by atoms with Crippen LogP contribution in [0.15, 0.2) is 33.9 Å². The number of aromatic nitrogens is 2. The standard InChI is InChI=1S/C20H23N7O5S4/c21-2-4-33-6-10-5-23-3-1-12(10)36-20(18(30)31)8-27-16(29)14(17(27)35-9-20)25-15(28)13(26-32)11-7-34-19(22)24-11/h1,3,5,7,14,17,32H,2,4,6,8-9,21H2,(H2,22,24)(H,25,28)(H,30,31)/b26-13-/t14-,17-,20?/m1/s1. The van der Waals surface area contributed by atoms with E-state index in [1.165, 1.54) is 33.8 Å². The van der Waals surface area contributed by atoms with Crippen LogP contribution >= 0.6 is 46.6 Å². The average molecular weight is 570 g/mol. The van der Waals surface area contributed by atoms with Crippen LogP contribution in [0, 0.1) is 0 Å². The molecule has 0 bridgehead atoms. The van der Waals surface area contributed by atoms with E-state index in [-0.39, 0.29) is 28.8 Å². The van der Waals surface area contributed by atoms with Crippen molar-refractivity contribution in [2.24, 2.45) is 10.9 Å². The van der Waals surface area contributed by atoms with E-state index in [9.17, 15) is 24.7 Å². The Kier molecular flexibility index (Phi) is 8.29. The summed E-state index contributed by atoms with van der Waals surface area (Å²) in [5, 5.41) is 26.3. The van der Waals surface area contributed by atoms with Gasteiger partial charge in [-0.1, -0.05) is 5.16 Å². The zero-order valence-corrected chi connectivity index (χ0v) is 22.0. The van der Waals surface area contributed by atoms with Gasteiger partial charge in [-0.3, -0.25) is 19.4 Å². The fourth-order valence-corrected chi connectivity index (χ4v) is 8.03. The molecule has 2 aliphatic rings. The van der Waals surface area contributed by atoms with Crippen LogP contribution < -0.4 is 16.8 Å².